The molecule has 0 aromatic carbocycles. The molecule has 1 N–H and O–H groups in total. The van der Waals surface area contributed by atoms with E-state index in [2.05, 4.69) is 21.2 Å². The first-order chi connectivity index (χ1) is 10.7. The molecule has 0 aromatic rings. The Morgan fingerprint density at radius 2 is 1.68 bits per heavy atom. The van der Waals surface area contributed by atoms with Gasteiger partial charge in [-0.3, -0.25) is 4.79 Å². The minimum atomic E-state index is -0.441. The van der Waals surface area contributed by atoms with Crippen LogP contribution in [-0.4, -0.2) is 29.4 Å². The van der Waals surface area contributed by atoms with Crippen molar-refractivity contribution in [3.05, 3.63) is 0 Å². The molecule has 2 aliphatic rings. The van der Waals surface area contributed by atoms with Gasteiger partial charge in [0.05, 0.1) is 0 Å². The van der Waals surface area contributed by atoms with Crippen LogP contribution >= 0.6 is 15.9 Å². The molecule has 1 amide bonds. The summed E-state index contributed by atoms with van der Waals surface area (Å²) in [5.74, 6) is 0.0139. The Bertz CT molecular complexity index is 363. The summed E-state index contributed by atoms with van der Waals surface area (Å²) in [5.41, 5.74) is 0. The van der Waals surface area contributed by atoms with E-state index in [1.165, 1.54) is 6.42 Å². The van der Waals surface area contributed by atoms with E-state index in [0.29, 0.717) is 6.42 Å². The van der Waals surface area contributed by atoms with Crippen molar-refractivity contribution in [1.82, 2.24) is 5.32 Å². The van der Waals surface area contributed by atoms with Crippen molar-refractivity contribution in [3.63, 3.8) is 0 Å². The summed E-state index contributed by atoms with van der Waals surface area (Å²) in [6.07, 6.45) is 11.1. The van der Waals surface area contributed by atoms with Crippen LogP contribution < -0.4 is 5.32 Å². The van der Waals surface area contributed by atoms with Crippen LogP contribution in [0, 0.1) is 5.92 Å². The zero-order valence-electron chi connectivity index (χ0n) is 13.3. The van der Waals surface area contributed by atoms with Crippen LogP contribution in [0.3, 0.4) is 0 Å². The predicted molar refractivity (Wildman–Crippen MR) is 89.9 cm³/mol. The predicted octanol–water partition coefficient (Wildman–Crippen LogP) is 3.71. The number of nitrogens with one attached hydrogen (secondary N) is 1. The van der Waals surface area contributed by atoms with Gasteiger partial charge in [0, 0.05) is 11.8 Å². The second kappa shape index (κ2) is 9.53. The number of hydrogen-bond donors (Lipinski definition) is 1. The van der Waals surface area contributed by atoms with Crippen LogP contribution in [-0.2, 0) is 14.3 Å². The molecule has 0 spiro atoms. The lowest BCUT2D eigenvalue weighted by atomic mass is 9.83. The Kier molecular flexibility index (Phi) is 7.70. The number of carbonyl (C=O) groups excluding carboxylic acids is 2. The molecule has 126 valence electrons. The van der Waals surface area contributed by atoms with E-state index in [1.54, 1.807) is 0 Å². The molecule has 0 heterocycles. The smallest absolute Gasteiger partial charge is 0.329 e. The number of alkyl halides is 1. The fourth-order valence-corrected chi connectivity index (χ4v) is 3.83. The van der Waals surface area contributed by atoms with Gasteiger partial charge in [0.25, 0.3) is 0 Å². The Balaban J connectivity index is 1.92. The fourth-order valence-electron chi connectivity index (χ4n) is 3.55. The van der Waals surface area contributed by atoms with E-state index in [1.807, 2.05) is 0 Å². The van der Waals surface area contributed by atoms with Crippen molar-refractivity contribution in [1.29, 1.82) is 0 Å². The van der Waals surface area contributed by atoms with E-state index >= 15 is 0 Å². The van der Waals surface area contributed by atoms with Crippen LogP contribution in [0.5, 0.6) is 0 Å². The van der Waals surface area contributed by atoms with Crippen LogP contribution in [0.25, 0.3) is 0 Å². The third-order valence-electron chi connectivity index (χ3n) is 4.81. The van der Waals surface area contributed by atoms with E-state index in [0.717, 1.165) is 63.1 Å². The topological polar surface area (TPSA) is 55.4 Å². The minimum absolute atomic E-state index is 0.0293. The van der Waals surface area contributed by atoms with Gasteiger partial charge in [-0.1, -0.05) is 35.2 Å². The van der Waals surface area contributed by atoms with Crippen molar-refractivity contribution >= 4 is 27.8 Å². The summed E-state index contributed by atoms with van der Waals surface area (Å²) in [4.78, 5) is 24.6. The maximum Gasteiger partial charge on any atom is 0.329 e. The van der Waals surface area contributed by atoms with Gasteiger partial charge in [-0.2, -0.15) is 0 Å². The zero-order valence-corrected chi connectivity index (χ0v) is 14.9. The number of halogens is 1. The molecule has 2 fully saturated rings. The van der Waals surface area contributed by atoms with Crippen LogP contribution in [0.2, 0.25) is 0 Å². The Morgan fingerprint density at radius 3 is 2.32 bits per heavy atom. The number of carbonyl (C=O) groups is 2. The standard InChI is InChI=1S/C17H28BrNO3/c18-12-6-11-15(20)19-16(13-7-2-1-3-8-13)17(21)22-14-9-4-5-10-14/h13-14,16H,1-12H2,(H,19,20)/t16-/m0/s1. The summed E-state index contributed by atoms with van der Waals surface area (Å²) < 4.78 is 5.67. The van der Waals surface area contributed by atoms with E-state index in [9.17, 15) is 9.59 Å². The van der Waals surface area contributed by atoms with Crippen molar-refractivity contribution < 1.29 is 14.3 Å². The molecule has 0 aliphatic heterocycles. The third kappa shape index (κ3) is 5.56. The number of rotatable bonds is 7. The lowest BCUT2D eigenvalue weighted by Crippen LogP contribution is -2.48. The monoisotopic (exact) mass is 373 g/mol. The maximum atomic E-state index is 12.6. The molecule has 0 bridgehead atoms. The fraction of sp³-hybridized carbons (Fsp3) is 0.882. The molecule has 0 unspecified atom stereocenters. The SMILES string of the molecule is O=C(CCCBr)N[C@H](C(=O)OC1CCCC1)C1CCCCC1. The zero-order chi connectivity index (χ0) is 15.8. The van der Waals surface area contributed by atoms with Gasteiger partial charge in [-0.05, 0) is 50.9 Å². The van der Waals surface area contributed by atoms with Crippen molar-refractivity contribution in [2.75, 3.05) is 5.33 Å². The summed E-state index contributed by atoms with van der Waals surface area (Å²) in [5, 5.41) is 3.77. The van der Waals surface area contributed by atoms with Gasteiger partial charge in [-0.25, -0.2) is 4.79 Å². The molecular weight excluding hydrogens is 346 g/mol. The number of ether oxygens (including phenoxy) is 1. The largest absolute Gasteiger partial charge is 0.461 e. The van der Waals surface area contributed by atoms with Crippen LogP contribution in [0.1, 0.15) is 70.6 Å². The molecule has 0 aromatic heterocycles. The highest BCUT2D eigenvalue weighted by molar-refractivity contribution is 9.09. The van der Waals surface area contributed by atoms with Crippen molar-refractivity contribution in [2.45, 2.75) is 82.8 Å². The summed E-state index contributed by atoms with van der Waals surface area (Å²) >= 11 is 3.34. The molecule has 2 rings (SSSR count). The van der Waals surface area contributed by atoms with Crippen molar-refractivity contribution in [3.8, 4) is 0 Å². The molecule has 4 nitrogen and oxygen atoms in total. The average molecular weight is 374 g/mol. The normalized spacial score (nSPS) is 21.5. The van der Waals surface area contributed by atoms with Gasteiger partial charge < -0.3 is 10.1 Å². The summed E-state index contributed by atoms with van der Waals surface area (Å²) in [7, 11) is 0. The van der Waals surface area contributed by atoms with Crippen LogP contribution in [0.4, 0.5) is 0 Å². The lowest BCUT2D eigenvalue weighted by Gasteiger charge is -2.30. The molecule has 1 atom stereocenters. The Hall–Kier alpha value is -0.580. The van der Waals surface area contributed by atoms with E-state index < -0.39 is 6.04 Å². The highest BCUT2D eigenvalue weighted by Crippen LogP contribution is 2.28. The minimum Gasteiger partial charge on any atom is -0.461 e. The first-order valence-corrected chi connectivity index (χ1v) is 9.88. The van der Waals surface area contributed by atoms with Crippen molar-refractivity contribution in [2.24, 2.45) is 5.92 Å². The molecule has 22 heavy (non-hydrogen) atoms. The highest BCUT2D eigenvalue weighted by atomic mass is 79.9. The molecule has 2 aliphatic carbocycles. The molecular formula is C17H28BrNO3. The quantitative estimate of drug-likeness (QED) is 0.546. The van der Waals surface area contributed by atoms with Gasteiger partial charge in [0.1, 0.15) is 12.1 Å². The summed E-state index contributed by atoms with van der Waals surface area (Å²) in [6.45, 7) is 0. The first kappa shape index (κ1) is 17.8. The lowest BCUT2D eigenvalue weighted by molar-refractivity contribution is -0.154. The third-order valence-corrected chi connectivity index (χ3v) is 5.37. The number of amides is 1. The molecule has 0 radical (unpaired) electrons. The maximum absolute atomic E-state index is 12.6. The molecule has 2 saturated carbocycles. The Morgan fingerprint density at radius 1 is 1.05 bits per heavy atom. The van der Waals surface area contributed by atoms with Gasteiger partial charge >= 0.3 is 5.97 Å². The van der Waals surface area contributed by atoms with Gasteiger partial charge in [0.15, 0.2) is 0 Å². The van der Waals surface area contributed by atoms with Gasteiger partial charge in [0.2, 0.25) is 5.91 Å². The van der Waals surface area contributed by atoms with Gasteiger partial charge in [-0.15, -0.1) is 0 Å². The number of esters is 1. The van der Waals surface area contributed by atoms with E-state index in [4.69, 9.17) is 4.74 Å². The van der Waals surface area contributed by atoms with E-state index in [-0.39, 0.29) is 23.9 Å². The second-order valence-corrected chi connectivity index (χ2v) is 7.37. The molecule has 0 saturated heterocycles. The Labute approximate surface area is 141 Å². The average Bonchev–Trinajstić information content (AvgIpc) is 3.04. The highest BCUT2D eigenvalue weighted by Gasteiger charge is 2.33. The van der Waals surface area contributed by atoms with Crippen LogP contribution in [0.15, 0.2) is 0 Å². The summed E-state index contributed by atoms with van der Waals surface area (Å²) in [6, 6.07) is -0.441. The second-order valence-electron chi connectivity index (χ2n) is 6.58. The number of hydrogen-bond acceptors (Lipinski definition) is 3. The molecule has 5 heteroatoms. The first-order valence-electron chi connectivity index (χ1n) is 8.76.